The lowest BCUT2D eigenvalue weighted by Crippen LogP contribution is -2.48. The van der Waals surface area contributed by atoms with E-state index < -0.39 is 11.9 Å². The van der Waals surface area contributed by atoms with E-state index >= 15 is 0 Å². The van der Waals surface area contributed by atoms with Crippen LogP contribution in [0.2, 0.25) is 0 Å². The Hall–Kier alpha value is -1.14. The number of carbonyl (C=O) groups excluding carboxylic acids is 1. The third-order valence-electron chi connectivity index (χ3n) is 1.88. The fourth-order valence-corrected chi connectivity index (χ4v) is 1.00. The minimum absolute atomic E-state index is 0. The number of nitrogens with one attached hydrogen (secondary N) is 2. The van der Waals surface area contributed by atoms with E-state index in [1.807, 2.05) is 30.3 Å². The number of hydrazine groups is 1. The van der Waals surface area contributed by atoms with E-state index in [9.17, 15) is 4.79 Å². The van der Waals surface area contributed by atoms with E-state index in [0.29, 0.717) is 6.54 Å². The number of aliphatic hydroxyl groups is 1. The first-order valence-electron chi connectivity index (χ1n) is 4.67. The average Bonchev–Trinajstić information content (AvgIpc) is 2.29. The van der Waals surface area contributed by atoms with Gasteiger partial charge in [0.15, 0.2) is 0 Å². The zero-order valence-corrected chi connectivity index (χ0v) is 9.54. The molecule has 0 heterocycles. The zero-order chi connectivity index (χ0) is 11.1. The van der Waals surface area contributed by atoms with Gasteiger partial charge in [-0.1, -0.05) is 30.3 Å². The van der Waals surface area contributed by atoms with Gasteiger partial charge in [-0.15, -0.1) is 12.4 Å². The number of amides is 1. The van der Waals surface area contributed by atoms with Crippen LogP contribution >= 0.6 is 12.4 Å². The van der Waals surface area contributed by atoms with Gasteiger partial charge >= 0.3 is 0 Å². The van der Waals surface area contributed by atoms with Gasteiger partial charge in [0.25, 0.3) is 5.91 Å². The van der Waals surface area contributed by atoms with Crippen LogP contribution in [0.15, 0.2) is 30.3 Å². The van der Waals surface area contributed by atoms with Crippen LogP contribution in [-0.2, 0) is 11.3 Å². The predicted octanol–water partition coefficient (Wildman–Crippen LogP) is -0.451. The molecule has 0 bridgehead atoms. The third kappa shape index (κ3) is 5.09. The number of rotatable bonds is 5. The smallest absolute Gasteiger partial charge is 0.253 e. The van der Waals surface area contributed by atoms with E-state index in [-0.39, 0.29) is 19.0 Å². The third-order valence-corrected chi connectivity index (χ3v) is 1.88. The summed E-state index contributed by atoms with van der Waals surface area (Å²) in [5, 5.41) is 8.61. The minimum Gasteiger partial charge on any atom is -0.394 e. The second kappa shape index (κ2) is 8.06. The van der Waals surface area contributed by atoms with Gasteiger partial charge in [-0.05, 0) is 5.56 Å². The van der Waals surface area contributed by atoms with Gasteiger partial charge in [0.1, 0.15) is 6.04 Å². The lowest BCUT2D eigenvalue weighted by molar-refractivity contribution is -0.124. The summed E-state index contributed by atoms with van der Waals surface area (Å²) in [6.07, 6.45) is 0. The highest BCUT2D eigenvalue weighted by Gasteiger charge is 2.10. The maximum absolute atomic E-state index is 11.1. The van der Waals surface area contributed by atoms with E-state index in [2.05, 4.69) is 10.9 Å². The van der Waals surface area contributed by atoms with Crippen molar-refractivity contribution in [3.05, 3.63) is 35.9 Å². The first-order valence-corrected chi connectivity index (χ1v) is 4.67. The van der Waals surface area contributed by atoms with Gasteiger partial charge in [0.2, 0.25) is 0 Å². The Balaban J connectivity index is 0.00000225. The van der Waals surface area contributed by atoms with Crippen LogP contribution in [0.4, 0.5) is 0 Å². The predicted molar refractivity (Wildman–Crippen MR) is 63.7 cm³/mol. The SMILES string of the molecule is Cl.NC(CO)C(=O)NNCc1ccccc1. The highest BCUT2D eigenvalue weighted by atomic mass is 35.5. The molecule has 0 aliphatic carbocycles. The van der Waals surface area contributed by atoms with Crippen molar-refractivity contribution < 1.29 is 9.90 Å². The Morgan fingerprint density at radius 1 is 1.38 bits per heavy atom. The Labute approximate surface area is 100 Å². The number of carbonyl (C=O) groups is 1. The van der Waals surface area contributed by atoms with Crippen LogP contribution in [0.3, 0.4) is 0 Å². The molecule has 0 saturated heterocycles. The summed E-state index contributed by atoms with van der Waals surface area (Å²) in [6, 6.07) is 8.74. The number of nitrogens with two attached hydrogens (primary N) is 1. The number of hydrogen-bond donors (Lipinski definition) is 4. The lowest BCUT2D eigenvalue weighted by Gasteiger charge is -2.10. The maximum Gasteiger partial charge on any atom is 0.253 e. The summed E-state index contributed by atoms with van der Waals surface area (Å²) >= 11 is 0. The zero-order valence-electron chi connectivity index (χ0n) is 8.72. The lowest BCUT2D eigenvalue weighted by atomic mass is 10.2. The van der Waals surface area contributed by atoms with Crippen molar-refractivity contribution in [3.8, 4) is 0 Å². The van der Waals surface area contributed by atoms with Crippen molar-refractivity contribution in [2.45, 2.75) is 12.6 Å². The molecule has 1 aromatic carbocycles. The normalized spacial score (nSPS) is 11.4. The van der Waals surface area contributed by atoms with Crippen LogP contribution in [0.1, 0.15) is 5.56 Å². The number of halogens is 1. The average molecular weight is 246 g/mol. The van der Waals surface area contributed by atoms with Crippen molar-refractivity contribution in [3.63, 3.8) is 0 Å². The number of hydrogen-bond acceptors (Lipinski definition) is 4. The maximum atomic E-state index is 11.1. The Morgan fingerprint density at radius 3 is 2.56 bits per heavy atom. The molecule has 90 valence electrons. The molecular formula is C10H16ClN3O2. The van der Waals surface area contributed by atoms with Gasteiger partial charge in [0.05, 0.1) is 6.61 Å². The van der Waals surface area contributed by atoms with Crippen molar-refractivity contribution in [1.82, 2.24) is 10.9 Å². The summed E-state index contributed by atoms with van der Waals surface area (Å²) < 4.78 is 0. The summed E-state index contributed by atoms with van der Waals surface area (Å²) in [4.78, 5) is 11.1. The van der Waals surface area contributed by atoms with Gasteiger partial charge in [-0.25, -0.2) is 5.43 Å². The summed E-state index contributed by atoms with van der Waals surface area (Å²) in [5.74, 6) is -0.423. The molecule has 0 saturated carbocycles. The Bertz CT molecular complexity index is 308. The monoisotopic (exact) mass is 245 g/mol. The van der Waals surface area contributed by atoms with Crippen LogP contribution in [-0.4, -0.2) is 23.7 Å². The molecule has 0 spiro atoms. The molecule has 1 amide bonds. The Kier molecular flexibility index (Phi) is 7.49. The largest absolute Gasteiger partial charge is 0.394 e. The molecule has 1 unspecified atom stereocenters. The molecule has 1 aromatic rings. The Morgan fingerprint density at radius 2 is 2.00 bits per heavy atom. The van der Waals surface area contributed by atoms with Crippen LogP contribution in [0, 0.1) is 0 Å². The molecule has 0 aliphatic heterocycles. The van der Waals surface area contributed by atoms with Crippen LogP contribution < -0.4 is 16.6 Å². The van der Waals surface area contributed by atoms with Gasteiger partial charge in [-0.3, -0.25) is 10.2 Å². The van der Waals surface area contributed by atoms with E-state index in [0.717, 1.165) is 5.56 Å². The summed E-state index contributed by atoms with van der Waals surface area (Å²) in [6.45, 7) is 0.156. The molecule has 0 fully saturated rings. The summed E-state index contributed by atoms with van der Waals surface area (Å²) in [7, 11) is 0. The van der Waals surface area contributed by atoms with E-state index in [1.54, 1.807) is 0 Å². The fraction of sp³-hybridized carbons (Fsp3) is 0.300. The van der Waals surface area contributed by atoms with Crippen molar-refractivity contribution in [2.24, 2.45) is 5.73 Å². The highest BCUT2D eigenvalue weighted by Crippen LogP contribution is 1.95. The first-order chi connectivity index (χ1) is 7.24. The minimum atomic E-state index is -0.881. The van der Waals surface area contributed by atoms with Gasteiger partial charge in [-0.2, -0.15) is 0 Å². The molecule has 0 aromatic heterocycles. The number of aliphatic hydroxyl groups excluding tert-OH is 1. The molecule has 16 heavy (non-hydrogen) atoms. The quantitative estimate of drug-likeness (QED) is 0.529. The molecule has 1 atom stereocenters. The molecule has 1 rings (SSSR count). The van der Waals surface area contributed by atoms with Crippen molar-refractivity contribution in [2.75, 3.05) is 6.61 Å². The first kappa shape index (κ1) is 14.9. The topological polar surface area (TPSA) is 87.4 Å². The van der Waals surface area contributed by atoms with Crippen molar-refractivity contribution in [1.29, 1.82) is 0 Å². The molecule has 6 heteroatoms. The van der Waals surface area contributed by atoms with E-state index in [1.165, 1.54) is 0 Å². The molecule has 5 N–H and O–H groups in total. The number of benzene rings is 1. The molecule has 5 nitrogen and oxygen atoms in total. The van der Waals surface area contributed by atoms with Crippen molar-refractivity contribution >= 4 is 18.3 Å². The van der Waals surface area contributed by atoms with Crippen LogP contribution in [0.25, 0.3) is 0 Å². The standard InChI is InChI=1S/C10H15N3O2.ClH/c11-9(7-14)10(15)13-12-6-8-4-2-1-3-5-8;/h1-5,9,12,14H,6-7,11H2,(H,13,15);1H. The van der Waals surface area contributed by atoms with Gasteiger partial charge < -0.3 is 10.8 Å². The second-order valence-corrected chi connectivity index (χ2v) is 3.12. The molecular weight excluding hydrogens is 230 g/mol. The molecule has 0 radical (unpaired) electrons. The van der Waals surface area contributed by atoms with Gasteiger partial charge in [0, 0.05) is 6.54 Å². The van der Waals surface area contributed by atoms with E-state index in [4.69, 9.17) is 10.8 Å². The highest BCUT2D eigenvalue weighted by molar-refractivity contribution is 5.85. The molecule has 0 aliphatic rings. The van der Waals surface area contributed by atoms with Crippen LogP contribution in [0.5, 0.6) is 0 Å². The summed E-state index contributed by atoms with van der Waals surface area (Å²) in [5.41, 5.74) is 11.5. The fourth-order valence-electron chi connectivity index (χ4n) is 1.00. The second-order valence-electron chi connectivity index (χ2n) is 3.12.